The summed E-state index contributed by atoms with van der Waals surface area (Å²) in [6, 6.07) is 0. The third-order valence-corrected chi connectivity index (χ3v) is 3.40. The maximum atomic E-state index is 11.4. The number of allylic oxidation sites excluding steroid dienone is 2. The molecule has 1 aliphatic rings. The van der Waals surface area contributed by atoms with Gasteiger partial charge in [0.1, 0.15) is 0 Å². The Bertz CT molecular complexity index is 427. The Labute approximate surface area is 113 Å². The van der Waals surface area contributed by atoms with Crippen LogP contribution in [0.25, 0.3) is 0 Å². The smallest absolute Gasteiger partial charge is 0.249 e. The van der Waals surface area contributed by atoms with Crippen LogP contribution < -0.4 is 5.73 Å². The summed E-state index contributed by atoms with van der Waals surface area (Å²) in [7, 11) is 3.90. The van der Waals surface area contributed by atoms with E-state index in [2.05, 4.69) is 0 Å². The molecule has 1 aliphatic heterocycles. The van der Waals surface area contributed by atoms with E-state index in [0.29, 0.717) is 17.7 Å². The summed E-state index contributed by atoms with van der Waals surface area (Å²) in [5.74, 6) is -0.650. The van der Waals surface area contributed by atoms with Crippen molar-refractivity contribution in [2.24, 2.45) is 5.73 Å². The summed E-state index contributed by atoms with van der Waals surface area (Å²) in [6.45, 7) is 4.65. The van der Waals surface area contributed by atoms with Gasteiger partial charge in [0.2, 0.25) is 5.91 Å². The molecule has 0 saturated carbocycles. The van der Waals surface area contributed by atoms with Crippen molar-refractivity contribution in [3.63, 3.8) is 0 Å². The van der Waals surface area contributed by atoms with Crippen LogP contribution in [0.2, 0.25) is 0 Å². The van der Waals surface area contributed by atoms with Crippen LogP contribution in [0.15, 0.2) is 22.6 Å². The zero-order valence-electron chi connectivity index (χ0n) is 12.0. The predicted octanol–water partition coefficient (Wildman–Crippen LogP) is 0.163. The molecule has 1 rings (SSSR count). The van der Waals surface area contributed by atoms with Gasteiger partial charge < -0.3 is 25.7 Å². The van der Waals surface area contributed by atoms with Gasteiger partial charge in [-0.15, -0.1) is 0 Å². The van der Waals surface area contributed by atoms with Crippen LogP contribution in [0.5, 0.6) is 0 Å². The number of carbonyl (C=O) groups excluding carboxylic acids is 1. The summed E-state index contributed by atoms with van der Waals surface area (Å²) in [4.78, 5) is 14.8. The van der Waals surface area contributed by atoms with Crippen LogP contribution in [-0.2, 0) is 4.79 Å². The SMILES string of the molecule is CC1=C(C(N)=O)C(O)N(CCCN(C)C)C(O)=C1C. The predicted molar refractivity (Wildman–Crippen MR) is 73.1 cm³/mol. The number of aliphatic hydroxyl groups excluding tert-OH is 2. The molecule has 1 amide bonds. The van der Waals surface area contributed by atoms with Gasteiger partial charge in [0.15, 0.2) is 12.1 Å². The molecule has 1 heterocycles. The number of aliphatic hydroxyl groups is 2. The fourth-order valence-electron chi connectivity index (χ4n) is 2.15. The van der Waals surface area contributed by atoms with E-state index in [9.17, 15) is 15.0 Å². The Balaban J connectivity index is 2.94. The topological polar surface area (TPSA) is 90.0 Å². The lowest BCUT2D eigenvalue weighted by molar-refractivity contribution is -0.117. The van der Waals surface area contributed by atoms with E-state index in [1.54, 1.807) is 13.8 Å². The van der Waals surface area contributed by atoms with Crippen LogP contribution in [0.3, 0.4) is 0 Å². The van der Waals surface area contributed by atoms with E-state index in [1.807, 2.05) is 19.0 Å². The van der Waals surface area contributed by atoms with Gasteiger partial charge in [-0.25, -0.2) is 0 Å². The summed E-state index contributed by atoms with van der Waals surface area (Å²) < 4.78 is 0. The Kier molecular flexibility index (Phi) is 4.97. The first-order valence-corrected chi connectivity index (χ1v) is 6.27. The van der Waals surface area contributed by atoms with Crippen molar-refractivity contribution >= 4 is 5.91 Å². The number of primary amides is 1. The lowest BCUT2D eigenvalue weighted by Crippen LogP contribution is -2.44. The van der Waals surface area contributed by atoms with Crippen molar-refractivity contribution in [3.05, 3.63) is 22.6 Å². The summed E-state index contributed by atoms with van der Waals surface area (Å²) in [6.07, 6.45) is -0.421. The van der Waals surface area contributed by atoms with Crippen molar-refractivity contribution in [3.8, 4) is 0 Å². The lowest BCUT2D eigenvalue weighted by atomic mass is 9.96. The Morgan fingerprint density at radius 2 is 1.95 bits per heavy atom. The highest BCUT2D eigenvalue weighted by Gasteiger charge is 2.32. The first kappa shape index (κ1) is 15.5. The second-order valence-corrected chi connectivity index (χ2v) is 5.08. The van der Waals surface area contributed by atoms with Crippen molar-refractivity contribution in [2.75, 3.05) is 27.2 Å². The van der Waals surface area contributed by atoms with E-state index in [1.165, 1.54) is 4.90 Å². The fourth-order valence-corrected chi connectivity index (χ4v) is 2.15. The molecule has 0 aromatic carbocycles. The van der Waals surface area contributed by atoms with Crippen LogP contribution in [0, 0.1) is 0 Å². The summed E-state index contributed by atoms with van der Waals surface area (Å²) in [5, 5.41) is 20.3. The molecular weight excluding hydrogens is 246 g/mol. The molecular formula is C13H23N3O3. The van der Waals surface area contributed by atoms with Crippen molar-refractivity contribution in [1.29, 1.82) is 0 Å². The monoisotopic (exact) mass is 269 g/mol. The summed E-state index contributed by atoms with van der Waals surface area (Å²) >= 11 is 0. The minimum absolute atomic E-state index is 0.00811. The van der Waals surface area contributed by atoms with Gasteiger partial charge in [-0.3, -0.25) is 4.79 Å². The van der Waals surface area contributed by atoms with Gasteiger partial charge >= 0.3 is 0 Å². The number of hydrogen-bond donors (Lipinski definition) is 3. The van der Waals surface area contributed by atoms with Crippen molar-refractivity contribution < 1.29 is 15.0 Å². The number of nitrogens with two attached hydrogens (primary N) is 1. The highest BCUT2D eigenvalue weighted by Crippen LogP contribution is 2.29. The Morgan fingerprint density at radius 3 is 2.42 bits per heavy atom. The molecule has 0 aromatic rings. The van der Waals surface area contributed by atoms with Crippen molar-refractivity contribution in [1.82, 2.24) is 9.80 Å². The lowest BCUT2D eigenvalue weighted by Gasteiger charge is -2.35. The molecule has 108 valence electrons. The maximum absolute atomic E-state index is 11.4. The van der Waals surface area contributed by atoms with Crippen LogP contribution in [-0.4, -0.2) is 59.3 Å². The van der Waals surface area contributed by atoms with E-state index < -0.39 is 12.1 Å². The molecule has 0 saturated heterocycles. The standard InChI is InChI=1S/C13H23N3O3/c1-8-9(2)12(18)16(7-5-6-15(3)4)13(19)10(8)11(14)17/h13,18-19H,5-7H2,1-4H3,(H2,14,17). The molecule has 1 atom stereocenters. The minimum Gasteiger partial charge on any atom is -0.494 e. The average Bonchev–Trinajstić information content (AvgIpc) is 2.30. The molecule has 0 fully saturated rings. The van der Waals surface area contributed by atoms with Gasteiger partial charge in [0.05, 0.1) is 5.57 Å². The Morgan fingerprint density at radius 1 is 1.37 bits per heavy atom. The molecule has 1 unspecified atom stereocenters. The van der Waals surface area contributed by atoms with Gasteiger partial charge in [0, 0.05) is 12.1 Å². The molecule has 6 nitrogen and oxygen atoms in total. The molecule has 0 radical (unpaired) electrons. The van der Waals surface area contributed by atoms with E-state index in [0.717, 1.165) is 13.0 Å². The van der Waals surface area contributed by atoms with E-state index in [-0.39, 0.29) is 11.5 Å². The van der Waals surface area contributed by atoms with Gasteiger partial charge in [-0.2, -0.15) is 0 Å². The fraction of sp³-hybridized carbons (Fsp3) is 0.615. The van der Waals surface area contributed by atoms with Crippen molar-refractivity contribution in [2.45, 2.75) is 26.5 Å². The molecule has 4 N–H and O–H groups in total. The number of rotatable bonds is 5. The molecule has 0 aliphatic carbocycles. The second kappa shape index (κ2) is 6.08. The number of carbonyl (C=O) groups is 1. The third kappa shape index (κ3) is 3.27. The zero-order valence-corrected chi connectivity index (χ0v) is 12.0. The first-order valence-electron chi connectivity index (χ1n) is 6.27. The van der Waals surface area contributed by atoms with Crippen LogP contribution >= 0.6 is 0 Å². The van der Waals surface area contributed by atoms with E-state index >= 15 is 0 Å². The van der Waals surface area contributed by atoms with E-state index in [4.69, 9.17) is 5.73 Å². The largest absolute Gasteiger partial charge is 0.494 e. The first-order chi connectivity index (χ1) is 8.77. The number of amides is 1. The molecule has 0 bridgehead atoms. The Hall–Kier alpha value is -1.53. The highest BCUT2D eigenvalue weighted by atomic mass is 16.3. The summed E-state index contributed by atoms with van der Waals surface area (Å²) in [5.41, 5.74) is 6.57. The van der Waals surface area contributed by atoms with Gasteiger partial charge in [-0.1, -0.05) is 0 Å². The number of nitrogens with zero attached hydrogens (tertiary/aromatic N) is 2. The highest BCUT2D eigenvalue weighted by molar-refractivity contribution is 5.94. The van der Waals surface area contributed by atoms with Crippen LogP contribution in [0.4, 0.5) is 0 Å². The van der Waals surface area contributed by atoms with Crippen LogP contribution in [0.1, 0.15) is 20.3 Å². The molecule has 0 aromatic heterocycles. The van der Waals surface area contributed by atoms with Gasteiger partial charge in [-0.05, 0) is 46.5 Å². The third-order valence-electron chi connectivity index (χ3n) is 3.40. The minimum atomic E-state index is -1.18. The second-order valence-electron chi connectivity index (χ2n) is 5.08. The average molecular weight is 269 g/mol. The quantitative estimate of drug-likeness (QED) is 0.661. The molecule has 19 heavy (non-hydrogen) atoms. The normalized spacial score (nSPS) is 20.5. The molecule has 6 heteroatoms. The maximum Gasteiger partial charge on any atom is 0.249 e. The molecule has 0 spiro atoms. The zero-order chi connectivity index (χ0) is 14.7. The van der Waals surface area contributed by atoms with Gasteiger partial charge in [0.25, 0.3) is 0 Å². The number of hydrogen-bond acceptors (Lipinski definition) is 5.